The molecule has 12 nitrogen and oxygen atoms in total. The summed E-state index contributed by atoms with van der Waals surface area (Å²) in [6, 6.07) is 2.25. The molecule has 12 heteroatoms. The minimum absolute atomic E-state index is 0.00319. The number of rotatable bonds is 11. The Kier molecular flexibility index (Phi) is 13.7. The van der Waals surface area contributed by atoms with E-state index in [2.05, 4.69) is 71.8 Å². The zero-order valence-corrected chi connectivity index (χ0v) is 38.5. The summed E-state index contributed by atoms with van der Waals surface area (Å²) in [5.41, 5.74) is -1.02. The van der Waals surface area contributed by atoms with Gasteiger partial charge in [0.05, 0.1) is 0 Å². The largest absolute Gasteiger partial charge is 0.458 e. The molecule has 1 fully saturated rings. The van der Waals surface area contributed by atoms with Crippen LogP contribution in [0.25, 0.3) is 5.57 Å². The van der Waals surface area contributed by atoms with E-state index < -0.39 is 29.1 Å². The molecule has 0 saturated heterocycles. The van der Waals surface area contributed by atoms with Crippen LogP contribution in [-0.4, -0.2) is 55.1 Å². The highest BCUT2D eigenvalue weighted by atomic mass is 16.6. The van der Waals surface area contributed by atoms with Crippen molar-refractivity contribution in [2.75, 3.05) is 5.32 Å². The topological polar surface area (TPSA) is 164 Å². The fourth-order valence-corrected chi connectivity index (χ4v) is 8.31. The monoisotopic (exact) mass is 802 g/mol. The predicted octanol–water partition coefficient (Wildman–Crippen LogP) is 10.7. The number of carbonyl (C=O) groups excluding carboxylic acids is 3. The lowest BCUT2D eigenvalue weighted by Gasteiger charge is -2.50. The number of nitrogens with zero attached hydrogens (tertiary/aromatic N) is 5. The number of anilines is 1. The molecule has 1 saturated carbocycles. The van der Waals surface area contributed by atoms with Gasteiger partial charge in [0.15, 0.2) is 17.5 Å². The minimum Gasteiger partial charge on any atom is -0.458 e. The summed E-state index contributed by atoms with van der Waals surface area (Å²) in [6.45, 7) is 34.6. The van der Waals surface area contributed by atoms with E-state index >= 15 is 0 Å². The van der Waals surface area contributed by atoms with Gasteiger partial charge < -0.3 is 19.8 Å². The molecule has 0 spiro atoms. The number of aromatic amines is 1. The van der Waals surface area contributed by atoms with Crippen molar-refractivity contribution in [3.05, 3.63) is 28.3 Å². The van der Waals surface area contributed by atoms with Gasteiger partial charge >= 0.3 is 11.9 Å². The van der Waals surface area contributed by atoms with Crippen LogP contribution in [0.3, 0.4) is 0 Å². The van der Waals surface area contributed by atoms with Crippen LogP contribution in [0.2, 0.25) is 0 Å². The van der Waals surface area contributed by atoms with Gasteiger partial charge in [0.1, 0.15) is 46.1 Å². The lowest BCUT2D eigenvalue weighted by Crippen LogP contribution is -2.49. The highest BCUT2D eigenvalue weighted by Crippen LogP contribution is 2.50. The molecule has 2 aromatic rings. The van der Waals surface area contributed by atoms with E-state index in [0.717, 1.165) is 25.7 Å². The third kappa shape index (κ3) is 10.1. The molecule has 1 aliphatic carbocycles. The fraction of sp³-hybridized carbons (Fsp3) is 0.717. The first-order valence-electron chi connectivity index (χ1n) is 21.4. The number of amides is 1. The first-order valence-corrected chi connectivity index (χ1v) is 21.4. The molecule has 0 bridgehead atoms. The van der Waals surface area contributed by atoms with E-state index in [1.165, 1.54) is 4.68 Å². The molecule has 2 N–H and O–H groups in total. The van der Waals surface area contributed by atoms with Crippen LogP contribution >= 0.6 is 0 Å². The Hall–Kier alpha value is -4.27. The van der Waals surface area contributed by atoms with Gasteiger partial charge in [0, 0.05) is 28.7 Å². The standard InChI is InChI=1S/C46H71N7O5/c1-18-20-21-27(19-2)39(54)50-36-33(41(56)58-46(15,16)17)31(25(3)4)35(48-36)49-37-28(24-47)32(38-51-42(45(12,13)14)52-53(37)38)40(55)57-34-29(43(6,7)8)22-26(5)23-30(34)44(9,10)11/h25-27,29-30,34,48H,18-23H2,1-17H3,(H,50,54). The van der Waals surface area contributed by atoms with Crippen LogP contribution in [0, 0.1) is 45.8 Å². The Bertz CT molecular complexity index is 1940. The van der Waals surface area contributed by atoms with Gasteiger partial charge in [-0.2, -0.15) is 9.94 Å². The Morgan fingerprint density at radius 2 is 1.55 bits per heavy atom. The van der Waals surface area contributed by atoms with E-state index in [1.807, 2.05) is 41.5 Å². The third-order valence-electron chi connectivity index (χ3n) is 11.5. The number of nitrogens with one attached hydrogen (secondary N) is 2. The number of aromatic nitrogens is 4. The number of esters is 2. The number of allylic oxidation sites excluding steroid dienone is 1. The van der Waals surface area contributed by atoms with Crippen LogP contribution in [0.15, 0.2) is 10.6 Å². The van der Waals surface area contributed by atoms with Crippen LogP contribution in [0.1, 0.15) is 190 Å². The van der Waals surface area contributed by atoms with Gasteiger partial charge in [-0.3, -0.25) is 4.79 Å². The van der Waals surface area contributed by atoms with Crippen molar-refractivity contribution in [1.29, 1.82) is 5.26 Å². The first kappa shape index (κ1) is 46.4. The molecular formula is C46H71N7O5. The zero-order chi connectivity index (χ0) is 43.9. The average Bonchev–Trinajstić information content (AvgIpc) is 3.75. The third-order valence-corrected chi connectivity index (χ3v) is 11.5. The van der Waals surface area contributed by atoms with Crippen molar-refractivity contribution in [2.24, 2.45) is 39.5 Å². The summed E-state index contributed by atoms with van der Waals surface area (Å²) in [7, 11) is 0. The van der Waals surface area contributed by atoms with Crippen molar-refractivity contribution < 1.29 is 23.9 Å². The molecule has 3 unspecified atom stereocenters. The number of carbonyl (C=O) groups is 3. The summed E-state index contributed by atoms with van der Waals surface area (Å²) in [6.07, 6.45) is 4.61. The van der Waals surface area contributed by atoms with E-state index in [0.29, 0.717) is 30.1 Å². The van der Waals surface area contributed by atoms with E-state index in [-0.39, 0.29) is 80.4 Å². The summed E-state index contributed by atoms with van der Waals surface area (Å²) in [4.78, 5) is 55.7. The summed E-state index contributed by atoms with van der Waals surface area (Å²) < 4.78 is 14.0. The van der Waals surface area contributed by atoms with Crippen molar-refractivity contribution in [2.45, 2.75) is 179 Å². The predicted molar refractivity (Wildman–Crippen MR) is 230 cm³/mol. The highest BCUT2D eigenvalue weighted by Gasteiger charge is 2.49. The van der Waals surface area contributed by atoms with Crippen LogP contribution in [-0.2, 0) is 24.5 Å². The molecule has 4 rings (SSSR count). The quantitative estimate of drug-likeness (QED) is 0.212. The number of H-pyrrole nitrogens is 1. The second-order valence-corrected chi connectivity index (χ2v) is 21.1. The number of nitriles is 1. The maximum absolute atomic E-state index is 14.8. The Labute approximate surface area is 347 Å². The van der Waals surface area contributed by atoms with Gasteiger partial charge in [-0.15, -0.1) is 5.10 Å². The van der Waals surface area contributed by atoms with E-state index in [4.69, 9.17) is 24.5 Å². The average molecular weight is 802 g/mol. The number of ether oxygens (including phenoxy) is 2. The molecule has 2 aromatic heterocycles. The van der Waals surface area contributed by atoms with Crippen molar-refractivity contribution in [3.63, 3.8) is 0 Å². The molecule has 0 radical (unpaired) electrons. The number of unbranched alkanes of at least 4 members (excludes halogenated alkanes) is 1. The van der Waals surface area contributed by atoms with Crippen molar-refractivity contribution in [1.82, 2.24) is 19.7 Å². The normalized spacial score (nSPS) is 21.6. The Morgan fingerprint density at radius 1 is 0.966 bits per heavy atom. The second kappa shape index (κ2) is 17.1. The summed E-state index contributed by atoms with van der Waals surface area (Å²) in [5, 5.41) is 18.7. The van der Waals surface area contributed by atoms with E-state index in [1.54, 1.807) is 20.8 Å². The molecule has 58 heavy (non-hydrogen) atoms. The molecule has 2 aliphatic rings. The lowest BCUT2D eigenvalue weighted by molar-refractivity contribution is -0.162. The van der Waals surface area contributed by atoms with Crippen molar-refractivity contribution in [3.8, 4) is 6.07 Å². The SMILES string of the molecule is CCCCC(CC)C(=O)Nc1[nH]c(N=C2C(C#N)=C(C(=O)OC3C(C(C)(C)C)CC(C)CC3C(C)(C)C)c3nc(C(C)(C)C)nn32)c(C(C)C)c1C(=O)OC(C)(C)C. The summed E-state index contributed by atoms with van der Waals surface area (Å²) >= 11 is 0. The summed E-state index contributed by atoms with van der Waals surface area (Å²) in [5.74, 6) is -0.325. The zero-order valence-electron chi connectivity index (χ0n) is 38.5. The van der Waals surface area contributed by atoms with Crippen LogP contribution in [0.5, 0.6) is 0 Å². The number of fused-ring (bicyclic) bond motifs is 1. The molecule has 320 valence electrons. The van der Waals surface area contributed by atoms with Crippen molar-refractivity contribution >= 4 is 40.9 Å². The first-order chi connectivity index (χ1) is 26.6. The van der Waals surface area contributed by atoms with Gasteiger partial charge in [-0.1, -0.05) is 110 Å². The fourth-order valence-electron chi connectivity index (χ4n) is 8.31. The van der Waals surface area contributed by atoms with Gasteiger partial charge in [0.2, 0.25) is 5.91 Å². The molecule has 3 atom stereocenters. The van der Waals surface area contributed by atoms with Gasteiger partial charge in [-0.25, -0.2) is 19.6 Å². The highest BCUT2D eigenvalue weighted by molar-refractivity contribution is 6.30. The Morgan fingerprint density at radius 3 is 2.02 bits per heavy atom. The lowest BCUT2D eigenvalue weighted by atomic mass is 9.59. The second-order valence-electron chi connectivity index (χ2n) is 21.1. The maximum atomic E-state index is 14.8. The van der Waals surface area contributed by atoms with Crippen LogP contribution in [0.4, 0.5) is 11.6 Å². The molecular weight excluding hydrogens is 731 g/mol. The van der Waals surface area contributed by atoms with Gasteiger partial charge in [-0.05, 0) is 69.1 Å². The minimum atomic E-state index is -0.826. The number of aliphatic imine (C=N–C) groups is 1. The molecule has 1 aliphatic heterocycles. The number of hydrogen-bond acceptors (Lipinski definition) is 9. The number of hydrogen-bond donors (Lipinski definition) is 2. The maximum Gasteiger partial charge on any atom is 0.343 e. The molecule has 3 heterocycles. The molecule has 1 amide bonds. The smallest absolute Gasteiger partial charge is 0.343 e. The molecule has 0 aromatic carbocycles. The van der Waals surface area contributed by atoms with E-state index in [9.17, 15) is 19.6 Å². The Balaban J connectivity index is 1.98. The van der Waals surface area contributed by atoms with Gasteiger partial charge in [0.25, 0.3) is 0 Å². The van der Waals surface area contributed by atoms with Crippen LogP contribution < -0.4 is 5.32 Å².